The van der Waals surface area contributed by atoms with E-state index in [9.17, 15) is 5.11 Å². The molecule has 18 heavy (non-hydrogen) atoms. The standard InChI is InChI=1S/C15H17NO2/c1-11-9-14(12(2)17)3-4-15(11)18-10-13-5-7-16-8-6-13/h3-9,12,17H,10H2,1-2H3/t12-/m0/s1. The summed E-state index contributed by atoms with van der Waals surface area (Å²) in [6, 6.07) is 9.60. The molecule has 0 saturated heterocycles. The topological polar surface area (TPSA) is 42.4 Å². The minimum absolute atomic E-state index is 0.446. The van der Waals surface area contributed by atoms with Crippen LogP contribution in [0.2, 0.25) is 0 Å². The molecular weight excluding hydrogens is 226 g/mol. The fourth-order valence-corrected chi connectivity index (χ4v) is 1.73. The summed E-state index contributed by atoms with van der Waals surface area (Å²) >= 11 is 0. The molecule has 0 radical (unpaired) electrons. The van der Waals surface area contributed by atoms with E-state index < -0.39 is 6.10 Å². The van der Waals surface area contributed by atoms with Crippen LogP contribution in [0.25, 0.3) is 0 Å². The normalized spacial score (nSPS) is 12.2. The van der Waals surface area contributed by atoms with Crippen molar-refractivity contribution in [3.8, 4) is 5.75 Å². The molecule has 0 amide bonds. The molecule has 0 bridgehead atoms. The van der Waals surface area contributed by atoms with Gasteiger partial charge in [0, 0.05) is 12.4 Å². The molecule has 0 unspecified atom stereocenters. The lowest BCUT2D eigenvalue weighted by Crippen LogP contribution is -1.98. The van der Waals surface area contributed by atoms with Crippen LogP contribution in [-0.4, -0.2) is 10.1 Å². The molecule has 1 aromatic carbocycles. The quantitative estimate of drug-likeness (QED) is 0.897. The highest BCUT2D eigenvalue weighted by molar-refractivity contribution is 5.37. The molecule has 3 nitrogen and oxygen atoms in total. The minimum Gasteiger partial charge on any atom is -0.489 e. The lowest BCUT2D eigenvalue weighted by molar-refractivity contribution is 0.199. The highest BCUT2D eigenvalue weighted by Gasteiger charge is 2.05. The molecular formula is C15H17NO2. The predicted molar refractivity (Wildman–Crippen MR) is 70.4 cm³/mol. The SMILES string of the molecule is Cc1cc([C@H](C)O)ccc1OCc1ccncc1. The van der Waals surface area contributed by atoms with Gasteiger partial charge in [-0.1, -0.05) is 6.07 Å². The van der Waals surface area contributed by atoms with Crippen LogP contribution in [0.1, 0.15) is 29.7 Å². The smallest absolute Gasteiger partial charge is 0.122 e. The van der Waals surface area contributed by atoms with Crippen molar-refractivity contribution in [2.45, 2.75) is 26.6 Å². The van der Waals surface area contributed by atoms with E-state index in [-0.39, 0.29) is 0 Å². The third-order valence-electron chi connectivity index (χ3n) is 2.83. The first kappa shape index (κ1) is 12.6. The van der Waals surface area contributed by atoms with Gasteiger partial charge in [-0.2, -0.15) is 0 Å². The number of aliphatic hydroxyl groups excluding tert-OH is 1. The minimum atomic E-state index is -0.446. The Kier molecular flexibility index (Phi) is 3.95. The molecule has 0 aliphatic rings. The van der Waals surface area contributed by atoms with Crippen LogP contribution >= 0.6 is 0 Å². The first-order valence-electron chi connectivity index (χ1n) is 5.97. The third-order valence-corrected chi connectivity index (χ3v) is 2.83. The number of rotatable bonds is 4. The van der Waals surface area contributed by atoms with Gasteiger partial charge in [0.25, 0.3) is 0 Å². The number of benzene rings is 1. The second-order valence-corrected chi connectivity index (χ2v) is 4.35. The van der Waals surface area contributed by atoms with Gasteiger partial charge in [0.2, 0.25) is 0 Å². The van der Waals surface area contributed by atoms with E-state index in [0.717, 1.165) is 22.4 Å². The maximum atomic E-state index is 9.50. The van der Waals surface area contributed by atoms with Gasteiger partial charge in [-0.15, -0.1) is 0 Å². The Morgan fingerprint density at radius 2 is 1.94 bits per heavy atom. The lowest BCUT2D eigenvalue weighted by atomic mass is 10.1. The largest absolute Gasteiger partial charge is 0.489 e. The molecule has 3 heteroatoms. The van der Waals surface area contributed by atoms with E-state index >= 15 is 0 Å². The number of hydrogen-bond donors (Lipinski definition) is 1. The van der Waals surface area contributed by atoms with E-state index in [1.165, 1.54) is 0 Å². The Labute approximate surface area is 107 Å². The molecule has 0 spiro atoms. The predicted octanol–water partition coefficient (Wildman–Crippen LogP) is 3.02. The molecule has 1 atom stereocenters. The summed E-state index contributed by atoms with van der Waals surface area (Å²) < 4.78 is 5.75. The van der Waals surface area contributed by atoms with Gasteiger partial charge >= 0.3 is 0 Å². The van der Waals surface area contributed by atoms with Crippen molar-refractivity contribution in [1.29, 1.82) is 0 Å². The Bertz CT molecular complexity index is 509. The second-order valence-electron chi connectivity index (χ2n) is 4.35. The van der Waals surface area contributed by atoms with Gasteiger partial charge in [0.05, 0.1) is 6.10 Å². The van der Waals surface area contributed by atoms with E-state index in [0.29, 0.717) is 6.61 Å². The fourth-order valence-electron chi connectivity index (χ4n) is 1.73. The zero-order valence-electron chi connectivity index (χ0n) is 10.6. The van der Waals surface area contributed by atoms with Gasteiger partial charge in [0.15, 0.2) is 0 Å². The van der Waals surface area contributed by atoms with E-state index in [2.05, 4.69) is 4.98 Å². The highest BCUT2D eigenvalue weighted by atomic mass is 16.5. The van der Waals surface area contributed by atoms with Gasteiger partial charge in [-0.25, -0.2) is 0 Å². The first-order valence-corrected chi connectivity index (χ1v) is 5.97. The van der Waals surface area contributed by atoms with Crippen molar-refractivity contribution in [2.24, 2.45) is 0 Å². The van der Waals surface area contributed by atoms with Crippen molar-refractivity contribution < 1.29 is 9.84 Å². The van der Waals surface area contributed by atoms with Gasteiger partial charge < -0.3 is 9.84 Å². The van der Waals surface area contributed by atoms with Crippen LogP contribution in [0.15, 0.2) is 42.7 Å². The van der Waals surface area contributed by atoms with E-state index in [1.54, 1.807) is 19.3 Å². The molecule has 2 rings (SSSR count). The zero-order chi connectivity index (χ0) is 13.0. The van der Waals surface area contributed by atoms with Crippen molar-refractivity contribution in [3.63, 3.8) is 0 Å². The molecule has 1 N–H and O–H groups in total. The van der Waals surface area contributed by atoms with E-state index in [4.69, 9.17) is 4.74 Å². The summed E-state index contributed by atoms with van der Waals surface area (Å²) in [5, 5.41) is 9.50. The van der Waals surface area contributed by atoms with Gasteiger partial charge in [0.1, 0.15) is 12.4 Å². The number of aryl methyl sites for hydroxylation is 1. The summed E-state index contributed by atoms with van der Waals surface area (Å²) in [5.41, 5.74) is 3.02. The van der Waals surface area contributed by atoms with Crippen LogP contribution in [0.4, 0.5) is 0 Å². The molecule has 1 heterocycles. The molecule has 94 valence electrons. The molecule has 2 aromatic rings. The first-order chi connectivity index (χ1) is 8.66. The average Bonchev–Trinajstić information content (AvgIpc) is 2.38. The summed E-state index contributed by atoms with van der Waals surface area (Å²) in [4.78, 5) is 3.97. The number of pyridine rings is 1. The number of nitrogens with zero attached hydrogens (tertiary/aromatic N) is 1. The average molecular weight is 243 g/mol. The van der Waals surface area contributed by atoms with Gasteiger partial charge in [-0.05, 0) is 54.8 Å². The van der Waals surface area contributed by atoms with Crippen LogP contribution in [0, 0.1) is 6.92 Å². The number of aliphatic hydroxyl groups is 1. The van der Waals surface area contributed by atoms with Crippen molar-refractivity contribution in [3.05, 3.63) is 59.4 Å². The molecule has 1 aromatic heterocycles. The van der Waals surface area contributed by atoms with Crippen molar-refractivity contribution in [1.82, 2.24) is 4.98 Å². The van der Waals surface area contributed by atoms with Crippen LogP contribution < -0.4 is 4.74 Å². The summed E-state index contributed by atoms with van der Waals surface area (Å²) in [5.74, 6) is 0.844. The maximum Gasteiger partial charge on any atom is 0.122 e. The monoisotopic (exact) mass is 243 g/mol. The zero-order valence-corrected chi connectivity index (χ0v) is 10.6. The molecule has 0 aliphatic heterocycles. The fraction of sp³-hybridized carbons (Fsp3) is 0.267. The van der Waals surface area contributed by atoms with Crippen molar-refractivity contribution in [2.75, 3.05) is 0 Å². The number of ether oxygens (including phenoxy) is 1. The van der Waals surface area contributed by atoms with Crippen LogP contribution in [0.3, 0.4) is 0 Å². The van der Waals surface area contributed by atoms with E-state index in [1.807, 2.05) is 37.3 Å². The molecule has 0 saturated carbocycles. The third kappa shape index (κ3) is 3.08. The van der Waals surface area contributed by atoms with Crippen LogP contribution in [-0.2, 0) is 6.61 Å². The molecule has 0 aliphatic carbocycles. The Morgan fingerprint density at radius 1 is 1.22 bits per heavy atom. The summed E-state index contributed by atoms with van der Waals surface area (Å²) in [6.45, 7) is 4.26. The summed E-state index contributed by atoms with van der Waals surface area (Å²) in [6.07, 6.45) is 3.06. The number of aromatic nitrogens is 1. The number of hydrogen-bond acceptors (Lipinski definition) is 3. The molecule has 0 fully saturated rings. The second kappa shape index (κ2) is 5.65. The lowest BCUT2D eigenvalue weighted by Gasteiger charge is -2.12. The van der Waals surface area contributed by atoms with Gasteiger partial charge in [-0.3, -0.25) is 4.98 Å². The Morgan fingerprint density at radius 3 is 2.56 bits per heavy atom. The Hall–Kier alpha value is -1.87. The summed E-state index contributed by atoms with van der Waals surface area (Å²) in [7, 11) is 0. The van der Waals surface area contributed by atoms with Crippen molar-refractivity contribution >= 4 is 0 Å². The maximum absolute atomic E-state index is 9.50. The highest BCUT2D eigenvalue weighted by Crippen LogP contribution is 2.23. The van der Waals surface area contributed by atoms with Crippen LogP contribution in [0.5, 0.6) is 5.75 Å². The Balaban J connectivity index is 2.06.